The fourth-order valence-electron chi connectivity index (χ4n) is 2.98. The highest BCUT2D eigenvalue weighted by Gasteiger charge is 2.27. The van der Waals surface area contributed by atoms with E-state index < -0.39 is 10.0 Å². The van der Waals surface area contributed by atoms with Crippen molar-refractivity contribution < 1.29 is 17.9 Å². The third kappa shape index (κ3) is 5.24. The Kier molecular flexibility index (Phi) is 7.07. The molecule has 1 heterocycles. The number of rotatable bonds is 6. The largest absolute Gasteiger partial charge is 0.495 e. The van der Waals surface area contributed by atoms with Gasteiger partial charge < -0.3 is 20.1 Å². The number of thiocarbonyl (C=S) groups is 1. The molecule has 0 amide bonds. The summed E-state index contributed by atoms with van der Waals surface area (Å²) in [6, 6.07) is 12.7. The molecule has 1 fully saturated rings. The standard InChI is InChI=1S/C20H25N3O4S2/c1-3-15-4-6-16(7-5-15)21-20(28)22-18-9-8-17(14-19(18)26-2)29(24,25)23-10-12-27-13-11-23/h4-9,14H,3,10-13H2,1-2H3,(H2,21,22,28). The Morgan fingerprint density at radius 2 is 1.83 bits per heavy atom. The van der Waals surface area contributed by atoms with Crippen molar-refractivity contribution in [2.45, 2.75) is 18.2 Å². The van der Waals surface area contributed by atoms with Gasteiger partial charge >= 0.3 is 0 Å². The van der Waals surface area contributed by atoms with Gasteiger partial charge in [-0.25, -0.2) is 8.42 Å². The molecular formula is C20H25N3O4S2. The van der Waals surface area contributed by atoms with Gasteiger partial charge in [0.25, 0.3) is 0 Å². The molecule has 29 heavy (non-hydrogen) atoms. The number of benzene rings is 2. The average molecular weight is 436 g/mol. The molecule has 3 rings (SSSR count). The number of nitrogens with zero attached hydrogens (tertiary/aromatic N) is 1. The number of ether oxygens (including phenoxy) is 2. The number of nitrogens with one attached hydrogen (secondary N) is 2. The molecule has 7 nitrogen and oxygen atoms in total. The maximum absolute atomic E-state index is 12.8. The maximum Gasteiger partial charge on any atom is 0.243 e. The number of aryl methyl sites for hydroxylation is 1. The van der Waals surface area contributed by atoms with E-state index in [0.717, 1.165) is 12.1 Å². The van der Waals surface area contributed by atoms with Gasteiger partial charge in [0.1, 0.15) is 5.75 Å². The molecule has 1 saturated heterocycles. The Morgan fingerprint density at radius 3 is 2.45 bits per heavy atom. The van der Waals surface area contributed by atoms with Gasteiger partial charge in [0, 0.05) is 24.8 Å². The van der Waals surface area contributed by atoms with E-state index in [-0.39, 0.29) is 4.90 Å². The Morgan fingerprint density at radius 1 is 1.14 bits per heavy atom. The molecular weight excluding hydrogens is 410 g/mol. The van der Waals surface area contributed by atoms with Gasteiger partial charge in [-0.1, -0.05) is 19.1 Å². The van der Waals surface area contributed by atoms with E-state index in [2.05, 4.69) is 17.6 Å². The predicted molar refractivity (Wildman–Crippen MR) is 118 cm³/mol. The number of hydrogen-bond acceptors (Lipinski definition) is 5. The minimum Gasteiger partial charge on any atom is -0.495 e. The first-order valence-corrected chi connectivity index (χ1v) is 11.2. The summed E-state index contributed by atoms with van der Waals surface area (Å²) in [6.07, 6.45) is 0.972. The summed E-state index contributed by atoms with van der Waals surface area (Å²) >= 11 is 5.38. The molecule has 0 aromatic heterocycles. The molecule has 0 unspecified atom stereocenters. The van der Waals surface area contributed by atoms with Gasteiger partial charge in [-0.3, -0.25) is 0 Å². The van der Waals surface area contributed by atoms with Gasteiger partial charge in [0.05, 0.1) is 30.9 Å². The van der Waals surface area contributed by atoms with Crippen LogP contribution in [0.1, 0.15) is 12.5 Å². The number of anilines is 2. The van der Waals surface area contributed by atoms with Crippen LogP contribution in [0.25, 0.3) is 0 Å². The highest BCUT2D eigenvalue weighted by Crippen LogP contribution is 2.29. The van der Waals surface area contributed by atoms with Gasteiger partial charge in [0.2, 0.25) is 10.0 Å². The zero-order chi connectivity index (χ0) is 20.9. The normalized spacial score (nSPS) is 15.0. The summed E-state index contributed by atoms with van der Waals surface area (Å²) in [5, 5.41) is 6.56. The second-order valence-corrected chi connectivity index (χ2v) is 8.85. The molecule has 0 atom stereocenters. The van der Waals surface area contributed by atoms with Gasteiger partial charge in [-0.05, 0) is 48.5 Å². The smallest absolute Gasteiger partial charge is 0.243 e. The van der Waals surface area contributed by atoms with E-state index in [1.165, 1.54) is 23.0 Å². The van der Waals surface area contributed by atoms with Crippen molar-refractivity contribution in [2.75, 3.05) is 44.0 Å². The first-order chi connectivity index (χ1) is 13.9. The lowest BCUT2D eigenvalue weighted by atomic mass is 10.1. The van der Waals surface area contributed by atoms with Crippen LogP contribution in [-0.4, -0.2) is 51.2 Å². The van der Waals surface area contributed by atoms with Crippen molar-refractivity contribution in [3.8, 4) is 5.75 Å². The van der Waals surface area contributed by atoms with Crippen LogP contribution < -0.4 is 15.4 Å². The Hall–Kier alpha value is -2.20. The molecule has 0 bridgehead atoms. The summed E-state index contributed by atoms with van der Waals surface area (Å²) in [5.74, 6) is 0.393. The lowest BCUT2D eigenvalue weighted by Crippen LogP contribution is -2.40. The van der Waals surface area contributed by atoms with E-state index in [0.29, 0.717) is 42.9 Å². The van der Waals surface area contributed by atoms with Crippen LogP contribution in [-0.2, 0) is 21.2 Å². The Balaban J connectivity index is 1.73. The molecule has 2 aromatic rings. The lowest BCUT2D eigenvalue weighted by Gasteiger charge is -2.26. The zero-order valence-corrected chi connectivity index (χ0v) is 18.1. The van der Waals surface area contributed by atoms with Gasteiger partial charge in [0.15, 0.2) is 5.11 Å². The fraction of sp³-hybridized carbons (Fsp3) is 0.350. The molecule has 0 aliphatic carbocycles. The van der Waals surface area contributed by atoms with Crippen LogP contribution in [0.3, 0.4) is 0 Å². The highest BCUT2D eigenvalue weighted by molar-refractivity contribution is 7.89. The molecule has 0 spiro atoms. The molecule has 0 radical (unpaired) electrons. The third-order valence-corrected chi connectivity index (χ3v) is 6.75. The zero-order valence-electron chi connectivity index (χ0n) is 16.5. The van der Waals surface area contributed by atoms with E-state index in [1.807, 2.05) is 24.3 Å². The maximum atomic E-state index is 12.8. The monoisotopic (exact) mass is 435 g/mol. The van der Waals surface area contributed by atoms with Crippen molar-refractivity contribution in [3.05, 3.63) is 48.0 Å². The van der Waals surface area contributed by atoms with Crippen molar-refractivity contribution in [2.24, 2.45) is 0 Å². The first-order valence-electron chi connectivity index (χ1n) is 9.37. The molecule has 1 aliphatic heterocycles. The van der Waals surface area contributed by atoms with Crippen LogP contribution in [0.4, 0.5) is 11.4 Å². The van der Waals surface area contributed by atoms with Crippen LogP contribution >= 0.6 is 12.2 Å². The van der Waals surface area contributed by atoms with Crippen LogP contribution in [0.15, 0.2) is 47.4 Å². The number of sulfonamides is 1. The molecule has 156 valence electrons. The van der Waals surface area contributed by atoms with Gasteiger partial charge in [-0.2, -0.15) is 4.31 Å². The minimum absolute atomic E-state index is 0.177. The first kappa shape index (κ1) is 21.5. The topological polar surface area (TPSA) is 79.9 Å². The minimum atomic E-state index is -3.60. The number of methoxy groups -OCH3 is 1. The predicted octanol–water partition coefficient (Wildman–Crippen LogP) is 3.09. The molecule has 1 aliphatic rings. The fourth-order valence-corrected chi connectivity index (χ4v) is 4.63. The van der Waals surface area contributed by atoms with E-state index in [4.69, 9.17) is 21.7 Å². The van der Waals surface area contributed by atoms with Crippen LogP contribution in [0, 0.1) is 0 Å². The van der Waals surface area contributed by atoms with Crippen molar-refractivity contribution in [1.29, 1.82) is 0 Å². The average Bonchev–Trinajstić information content (AvgIpc) is 2.75. The second-order valence-electron chi connectivity index (χ2n) is 6.51. The van der Waals surface area contributed by atoms with E-state index >= 15 is 0 Å². The van der Waals surface area contributed by atoms with Gasteiger partial charge in [-0.15, -0.1) is 0 Å². The lowest BCUT2D eigenvalue weighted by molar-refractivity contribution is 0.0730. The number of hydrogen-bond donors (Lipinski definition) is 2. The van der Waals surface area contributed by atoms with Crippen LogP contribution in [0.5, 0.6) is 5.75 Å². The molecule has 9 heteroatoms. The third-order valence-electron chi connectivity index (χ3n) is 4.65. The summed E-state index contributed by atoms with van der Waals surface area (Å²) in [4.78, 5) is 0.177. The van der Waals surface area contributed by atoms with Crippen molar-refractivity contribution >= 4 is 38.7 Å². The van der Waals surface area contributed by atoms with Crippen LogP contribution in [0.2, 0.25) is 0 Å². The molecule has 2 N–H and O–H groups in total. The SMILES string of the molecule is CCc1ccc(NC(=S)Nc2ccc(S(=O)(=O)N3CCOCC3)cc2OC)cc1. The van der Waals surface area contributed by atoms with Crippen molar-refractivity contribution in [3.63, 3.8) is 0 Å². The molecule has 0 saturated carbocycles. The van der Waals surface area contributed by atoms with E-state index in [1.54, 1.807) is 12.1 Å². The van der Waals surface area contributed by atoms with E-state index in [9.17, 15) is 8.42 Å². The van der Waals surface area contributed by atoms with Crippen molar-refractivity contribution in [1.82, 2.24) is 4.31 Å². The highest BCUT2D eigenvalue weighted by atomic mass is 32.2. The summed E-state index contributed by atoms with van der Waals surface area (Å²) in [7, 11) is -2.11. The molecule has 2 aromatic carbocycles. The second kappa shape index (κ2) is 9.53. The number of morpholine rings is 1. The Labute approximate surface area is 177 Å². The summed E-state index contributed by atoms with van der Waals surface area (Å²) in [5.41, 5.74) is 2.69. The Bertz CT molecular complexity index is 956. The quantitative estimate of drug-likeness (QED) is 0.675. The summed E-state index contributed by atoms with van der Waals surface area (Å²) in [6.45, 7) is 3.58. The summed E-state index contributed by atoms with van der Waals surface area (Å²) < 4.78 is 37.7.